The van der Waals surface area contributed by atoms with E-state index in [0.29, 0.717) is 4.68 Å². The van der Waals surface area contributed by atoms with Crippen LogP contribution in [-0.4, -0.2) is 67.6 Å². The maximum absolute atomic E-state index is 13.5. The summed E-state index contributed by atoms with van der Waals surface area (Å²) in [6, 6.07) is 9.71. The lowest BCUT2D eigenvalue weighted by molar-refractivity contribution is -0.156. The number of phosphoric acid groups is 1. The molecule has 2 heterocycles. The number of nitrogens with two attached hydrogens (primary N) is 1. The summed E-state index contributed by atoms with van der Waals surface area (Å²) in [6.07, 6.45) is -6.28. The lowest BCUT2D eigenvalue weighted by Gasteiger charge is -2.25. The van der Waals surface area contributed by atoms with Gasteiger partial charge in [-0.15, -0.1) is 0 Å². The fourth-order valence-corrected chi connectivity index (χ4v) is 4.69. The number of rotatable bonds is 10. The number of aromatic nitrogens is 3. The Hall–Kier alpha value is -3.51. The van der Waals surface area contributed by atoms with Crippen molar-refractivity contribution in [3.63, 3.8) is 0 Å². The molecule has 0 amide bonds. The Bertz CT molecular complexity index is 1350. The van der Waals surface area contributed by atoms with E-state index < -0.39 is 67.9 Å². The van der Waals surface area contributed by atoms with Gasteiger partial charge >= 0.3 is 19.5 Å². The van der Waals surface area contributed by atoms with E-state index in [2.05, 4.69) is 11.0 Å². The van der Waals surface area contributed by atoms with E-state index >= 15 is 0 Å². The first-order valence-electron chi connectivity index (χ1n) is 11.2. The molecule has 0 bridgehead atoms. The van der Waals surface area contributed by atoms with Crippen molar-refractivity contribution < 1.29 is 42.6 Å². The van der Waals surface area contributed by atoms with Crippen LogP contribution >= 0.6 is 7.82 Å². The number of H-pyrrole nitrogens is 1. The molecule has 0 radical (unpaired) electrons. The fourth-order valence-electron chi connectivity index (χ4n) is 3.35. The third-order valence-corrected chi connectivity index (χ3v) is 6.52. The number of carbonyl (C=O) groups excluding carboxylic acids is 1. The van der Waals surface area contributed by atoms with Crippen molar-refractivity contribution in [2.24, 2.45) is 5.73 Å². The summed E-state index contributed by atoms with van der Waals surface area (Å²) in [5.41, 5.74) is 0.838. The minimum atomic E-state index is -4.60. The second-order valence-electron chi connectivity index (χ2n) is 8.33. The van der Waals surface area contributed by atoms with Gasteiger partial charge in [0.15, 0.2) is 12.3 Å². The average Bonchev–Trinajstić information content (AvgIpc) is 3.08. The zero-order chi connectivity index (χ0) is 28.1. The zero-order valence-electron chi connectivity index (χ0n) is 20.5. The van der Waals surface area contributed by atoms with Gasteiger partial charge in [0, 0.05) is 6.04 Å². The van der Waals surface area contributed by atoms with E-state index in [-0.39, 0.29) is 5.75 Å². The van der Waals surface area contributed by atoms with Gasteiger partial charge in [-0.3, -0.25) is 18.8 Å². The van der Waals surface area contributed by atoms with Crippen LogP contribution in [0.4, 0.5) is 0 Å². The molecule has 0 unspecified atom stereocenters. The zero-order valence-corrected chi connectivity index (χ0v) is 21.4. The van der Waals surface area contributed by atoms with Crippen molar-refractivity contribution in [1.82, 2.24) is 14.8 Å². The number of hydrogen-bond donors (Lipinski definition) is 4. The number of ether oxygens (including phenoxy) is 2. The number of carbonyl (C=O) groups is 1. The molecule has 2 aromatic rings. The molecule has 1 aromatic carbocycles. The van der Waals surface area contributed by atoms with E-state index in [1.165, 1.54) is 19.1 Å². The van der Waals surface area contributed by atoms with Crippen LogP contribution in [0.1, 0.15) is 27.0 Å². The Morgan fingerprint density at radius 1 is 1.32 bits per heavy atom. The Labute approximate surface area is 216 Å². The number of aliphatic hydroxyl groups excluding tert-OH is 1. The maximum Gasteiger partial charge on any atom is 0.530 e. The molecule has 1 aromatic heterocycles. The van der Waals surface area contributed by atoms with Crippen molar-refractivity contribution in [1.29, 1.82) is 0 Å². The van der Waals surface area contributed by atoms with Crippen LogP contribution in [-0.2, 0) is 27.9 Å². The van der Waals surface area contributed by atoms with E-state index in [4.69, 9.17) is 28.8 Å². The molecule has 15 nitrogen and oxygen atoms in total. The summed E-state index contributed by atoms with van der Waals surface area (Å²) in [6.45, 7) is 3.75. The third kappa shape index (κ3) is 6.67. The summed E-state index contributed by atoms with van der Waals surface area (Å²) in [4.78, 5) is 37.8. The molecule has 0 spiro atoms. The molecule has 0 aliphatic carbocycles. The van der Waals surface area contributed by atoms with Gasteiger partial charge in [0.2, 0.25) is 5.60 Å². The summed E-state index contributed by atoms with van der Waals surface area (Å²) < 4.78 is 40.8. The predicted octanol–water partition coefficient (Wildman–Crippen LogP) is -0.599. The maximum atomic E-state index is 13.5. The van der Waals surface area contributed by atoms with Gasteiger partial charge < -0.3 is 29.9 Å². The smallest absolute Gasteiger partial charge is 0.461 e. The number of para-hydroxylation sites is 1. The number of nitrogens with one attached hydrogen (secondary N) is 1. The first kappa shape index (κ1) is 29.1. The number of aromatic amines is 1. The second kappa shape index (κ2) is 11.9. The first-order chi connectivity index (χ1) is 17.9. The van der Waals surface area contributed by atoms with Crippen molar-refractivity contribution in [2.45, 2.75) is 57.0 Å². The first-order valence-corrected chi connectivity index (χ1v) is 12.7. The molecule has 0 saturated carbocycles. The molecule has 3 rings (SSSR count). The average molecular weight is 554 g/mol. The van der Waals surface area contributed by atoms with Crippen LogP contribution < -0.4 is 21.5 Å². The summed E-state index contributed by atoms with van der Waals surface area (Å²) in [5.74, 6) is 1.39. The molecule has 38 heavy (non-hydrogen) atoms. The van der Waals surface area contributed by atoms with Gasteiger partial charge in [-0.05, 0) is 38.8 Å². The molecule has 206 valence electrons. The largest absolute Gasteiger partial charge is 0.530 e. The highest BCUT2D eigenvalue weighted by molar-refractivity contribution is 7.49. The van der Waals surface area contributed by atoms with Gasteiger partial charge in [0.1, 0.15) is 24.2 Å². The summed E-state index contributed by atoms with van der Waals surface area (Å²) in [5, 5.41) is 25.4. The monoisotopic (exact) mass is 554 g/mol. The molecule has 6 atom stereocenters. The third-order valence-electron chi connectivity index (χ3n) is 5.04. The number of phosphoric ester groups is 1. The lowest BCUT2D eigenvalue weighted by Crippen LogP contribution is -2.49. The topological polar surface area (TPSA) is 215 Å². The van der Waals surface area contributed by atoms with Crippen molar-refractivity contribution in [3.05, 3.63) is 57.4 Å². The number of nitrogens with zero attached hydrogens (tertiary/aromatic N) is 2. The molecule has 5 N–H and O–H groups in total. The molecule has 1 saturated heterocycles. The normalized spacial score (nSPS) is 25.2. The van der Waals surface area contributed by atoms with Gasteiger partial charge in [-0.25, -0.2) is 14.2 Å². The Balaban J connectivity index is 1.86. The highest BCUT2D eigenvalue weighted by atomic mass is 31.2. The Kier molecular flexibility index (Phi) is 9.10. The summed E-state index contributed by atoms with van der Waals surface area (Å²) >= 11 is 0. The SMILES string of the molecule is CC(C)OC(=O)[C@H](C)O[P@](=O)(OC[C@H]1O[C@@H](n2ncc(=O)[nH]c2=O)[C@@](O)(C#CN)[C@H]1O)Oc1ccccc1. The molecule has 1 aliphatic rings. The van der Waals surface area contributed by atoms with Crippen LogP contribution in [0.2, 0.25) is 0 Å². The van der Waals surface area contributed by atoms with Gasteiger partial charge in [0.25, 0.3) is 5.56 Å². The van der Waals surface area contributed by atoms with Crippen molar-refractivity contribution in [3.8, 4) is 17.7 Å². The van der Waals surface area contributed by atoms with Crippen LogP contribution in [0.25, 0.3) is 0 Å². The molecular formula is C22H27N4O11P. The van der Waals surface area contributed by atoms with Crippen LogP contribution in [0.5, 0.6) is 5.75 Å². The Morgan fingerprint density at radius 3 is 2.61 bits per heavy atom. The number of benzene rings is 1. The van der Waals surface area contributed by atoms with Crippen molar-refractivity contribution in [2.75, 3.05) is 6.61 Å². The predicted molar refractivity (Wildman–Crippen MR) is 128 cm³/mol. The van der Waals surface area contributed by atoms with E-state index in [1.807, 2.05) is 11.0 Å². The van der Waals surface area contributed by atoms with Gasteiger partial charge in [-0.1, -0.05) is 18.2 Å². The lowest BCUT2D eigenvalue weighted by atomic mass is 9.95. The number of hydrogen-bond acceptors (Lipinski definition) is 13. The molecular weight excluding hydrogens is 527 g/mol. The van der Waals surface area contributed by atoms with E-state index in [1.54, 1.807) is 32.0 Å². The second-order valence-corrected chi connectivity index (χ2v) is 9.88. The minimum absolute atomic E-state index is 0.0699. The quantitative estimate of drug-likeness (QED) is 0.125. The van der Waals surface area contributed by atoms with Crippen molar-refractivity contribution >= 4 is 13.8 Å². The van der Waals surface area contributed by atoms with E-state index in [0.717, 1.165) is 6.20 Å². The van der Waals surface area contributed by atoms with Crippen LogP contribution in [0, 0.1) is 12.0 Å². The number of esters is 1. The van der Waals surface area contributed by atoms with Gasteiger partial charge in [-0.2, -0.15) is 9.78 Å². The molecule has 1 aliphatic heterocycles. The number of aliphatic hydroxyl groups is 2. The van der Waals surface area contributed by atoms with Crippen LogP contribution in [0.3, 0.4) is 0 Å². The van der Waals surface area contributed by atoms with Crippen LogP contribution in [0.15, 0.2) is 46.1 Å². The summed E-state index contributed by atoms with van der Waals surface area (Å²) in [7, 11) is -4.60. The fraction of sp³-hybridized carbons (Fsp3) is 0.455. The highest BCUT2D eigenvalue weighted by Gasteiger charge is 2.57. The van der Waals surface area contributed by atoms with Gasteiger partial charge in [0.05, 0.1) is 12.7 Å². The standard InChI is InChI=1S/C22H27N4O11P/c1-13(2)34-19(29)14(3)36-38(32,37-15-7-5-4-6-8-15)33-12-16-18(28)22(31,9-10-23)20(35-16)26-21(30)25-17(27)11-24-26/h4-8,11,13-14,16,18,20,28,31H,12,23H2,1-3H3,(H,25,27,30)/t14-,16+,18-,20+,22+,38-/m0/s1. The minimum Gasteiger partial charge on any atom is -0.461 e. The molecule has 1 fully saturated rings. The Morgan fingerprint density at radius 2 is 2.00 bits per heavy atom. The molecule has 16 heteroatoms. The highest BCUT2D eigenvalue weighted by Crippen LogP contribution is 2.51. The van der Waals surface area contributed by atoms with E-state index in [9.17, 15) is 29.2 Å².